The molecular weight excluding hydrogens is 512 g/mol. The second kappa shape index (κ2) is 11.1. The maximum atomic E-state index is 13.1. The number of benzene rings is 2. The molecule has 0 saturated carbocycles. The molecule has 2 aromatic carbocycles. The van der Waals surface area contributed by atoms with Gasteiger partial charge in [0.25, 0.3) is 0 Å². The average molecular weight is 551 g/mol. The van der Waals surface area contributed by atoms with Gasteiger partial charge in [0, 0.05) is 20.3 Å². The standard InChI is InChI=1S/C29H38N4O5Si/c1-27(2,3)39-38-29(20-13-9-7-10-14-20,21-15-11-8-12-16-21)24-23(34)28(4,36)25(37-24)33-18-17-22(31-26(33)35)30-19-32(5)6/h7-19,23-25,34,36H,39H2,1-6H3. The molecule has 10 heteroatoms. The molecule has 1 saturated heterocycles. The highest BCUT2D eigenvalue weighted by molar-refractivity contribution is 6.32. The zero-order valence-corrected chi connectivity index (χ0v) is 24.8. The van der Waals surface area contributed by atoms with Gasteiger partial charge in [0.05, 0.1) is 6.34 Å². The Morgan fingerprint density at radius 2 is 1.64 bits per heavy atom. The van der Waals surface area contributed by atoms with Crippen molar-refractivity contribution in [1.29, 1.82) is 0 Å². The van der Waals surface area contributed by atoms with Crippen LogP contribution in [-0.4, -0.2) is 72.7 Å². The molecular formula is C29H38N4O5Si. The number of aliphatic imine (C=N–C) groups is 1. The Morgan fingerprint density at radius 1 is 1.08 bits per heavy atom. The van der Waals surface area contributed by atoms with E-state index in [0.717, 1.165) is 11.1 Å². The highest BCUT2D eigenvalue weighted by atomic mass is 28.2. The summed E-state index contributed by atoms with van der Waals surface area (Å²) in [5.41, 5.74) is -2.17. The number of ether oxygens (including phenoxy) is 1. The number of aliphatic hydroxyl groups is 2. The number of rotatable bonds is 8. The third kappa shape index (κ3) is 5.90. The van der Waals surface area contributed by atoms with E-state index in [0.29, 0.717) is 0 Å². The number of aliphatic hydroxyl groups excluding tert-OH is 1. The van der Waals surface area contributed by atoms with E-state index in [1.807, 2.05) is 74.8 Å². The SMILES string of the molecule is CN(C)C=Nc1ccn(C2OC(C(O[SiH2]C(C)(C)C)(c3ccccc3)c3ccccc3)C(O)C2(C)O)c(=O)n1. The van der Waals surface area contributed by atoms with Crippen LogP contribution in [0.15, 0.2) is 82.7 Å². The number of nitrogens with zero attached hydrogens (tertiary/aromatic N) is 4. The van der Waals surface area contributed by atoms with Crippen LogP contribution >= 0.6 is 0 Å². The van der Waals surface area contributed by atoms with E-state index in [-0.39, 0.29) is 10.9 Å². The Morgan fingerprint density at radius 3 is 2.13 bits per heavy atom. The van der Waals surface area contributed by atoms with Crippen molar-refractivity contribution in [2.45, 2.75) is 62.4 Å². The van der Waals surface area contributed by atoms with E-state index >= 15 is 0 Å². The number of hydrogen-bond acceptors (Lipinski definition) is 7. The minimum Gasteiger partial charge on any atom is -0.408 e. The molecule has 2 N–H and O–H groups in total. The molecule has 9 nitrogen and oxygen atoms in total. The molecule has 2 heterocycles. The first kappa shape index (κ1) is 28.8. The summed E-state index contributed by atoms with van der Waals surface area (Å²) < 4.78 is 14.6. The second-order valence-electron chi connectivity index (χ2n) is 11.6. The van der Waals surface area contributed by atoms with E-state index in [2.05, 4.69) is 30.7 Å². The molecule has 3 aromatic rings. The molecule has 1 aliphatic heterocycles. The summed E-state index contributed by atoms with van der Waals surface area (Å²) in [6.07, 6.45) is -0.663. The van der Waals surface area contributed by atoms with Gasteiger partial charge >= 0.3 is 5.69 Å². The summed E-state index contributed by atoms with van der Waals surface area (Å²) >= 11 is 0. The quantitative estimate of drug-likeness (QED) is 0.252. The normalized spacial score (nSPS) is 24.2. The highest BCUT2D eigenvalue weighted by Crippen LogP contribution is 2.49. The van der Waals surface area contributed by atoms with Crippen LogP contribution in [-0.2, 0) is 14.8 Å². The third-order valence-corrected chi connectivity index (χ3v) is 8.15. The molecule has 0 spiro atoms. The fourth-order valence-electron chi connectivity index (χ4n) is 4.74. The van der Waals surface area contributed by atoms with Gasteiger partial charge in [-0.25, -0.2) is 9.79 Å². The predicted octanol–water partition coefficient (Wildman–Crippen LogP) is 2.74. The molecule has 4 atom stereocenters. The molecule has 0 bridgehead atoms. The first-order valence-corrected chi connectivity index (χ1v) is 14.3. The van der Waals surface area contributed by atoms with Gasteiger partial charge in [-0.3, -0.25) is 4.57 Å². The van der Waals surface area contributed by atoms with Crippen molar-refractivity contribution in [1.82, 2.24) is 14.5 Å². The number of hydrogen-bond donors (Lipinski definition) is 2. The van der Waals surface area contributed by atoms with Gasteiger partial charge in [0.2, 0.25) is 0 Å². The van der Waals surface area contributed by atoms with Crippen molar-refractivity contribution in [2.75, 3.05) is 14.1 Å². The van der Waals surface area contributed by atoms with Crippen LogP contribution in [0.3, 0.4) is 0 Å². The van der Waals surface area contributed by atoms with E-state index in [1.54, 1.807) is 17.3 Å². The fraction of sp³-hybridized carbons (Fsp3) is 0.414. The lowest BCUT2D eigenvalue weighted by Gasteiger charge is -2.43. The molecule has 4 rings (SSSR count). The van der Waals surface area contributed by atoms with E-state index in [9.17, 15) is 15.0 Å². The van der Waals surface area contributed by atoms with Crippen LogP contribution in [0.5, 0.6) is 0 Å². The van der Waals surface area contributed by atoms with Crippen LogP contribution in [0.4, 0.5) is 5.82 Å². The predicted molar refractivity (Wildman–Crippen MR) is 154 cm³/mol. The summed E-state index contributed by atoms with van der Waals surface area (Å²) in [5, 5.41) is 23.3. The van der Waals surface area contributed by atoms with Crippen molar-refractivity contribution in [3.05, 3.63) is 94.5 Å². The molecule has 4 unspecified atom stereocenters. The van der Waals surface area contributed by atoms with Crippen molar-refractivity contribution < 1.29 is 19.4 Å². The van der Waals surface area contributed by atoms with E-state index in [4.69, 9.17) is 9.16 Å². The van der Waals surface area contributed by atoms with Gasteiger partial charge in [-0.05, 0) is 29.2 Å². The maximum absolute atomic E-state index is 13.1. The Bertz CT molecular complexity index is 1300. The first-order valence-electron chi connectivity index (χ1n) is 13.0. The van der Waals surface area contributed by atoms with E-state index in [1.165, 1.54) is 17.7 Å². The largest absolute Gasteiger partial charge is 0.408 e. The molecule has 0 aliphatic carbocycles. The van der Waals surface area contributed by atoms with Crippen LogP contribution in [0.2, 0.25) is 5.04 Å². The van der Waals surface area contributed by atoms with Gasteiger partial charge in [-0.1, -0.05) is 81.4 Å². The molecule has 1 aliphatic rings. The summed E-state index contributed by atoms with van der Waals surface area (Å²) in [7, 11) is 2.41. The summed E-state index contributed by atoms with van der Waals surface area (Å²) in [6.45, 7) is 7.83. The maximum Gasteiger partial charge on any atom is 0.351 e. The van der Waals surface area contributed by atoms with E-state index < -0.39 is 45.1 Å². The zero-order valence-electron chi connectivity index (χ0n) is 23.4. The minimum atomic E-state index is -1.84. The Labute approximate surface area is 231 Å². The molecule has 208 valence electrons. The Hall–Kier alpha value is -3.15. The summed E-state index contributed by atoms with van der Waals surface area (Å²) in [4.78, 5) is 23.0. The van der Waals surface area contributed by atoms with Crippen molar-refractivity contribution >= 4 is 21.9 Å². The molecule has 0 amide bonds. The lowest BCUT2D eigenvalue weighted by Crippen LogP contribution is -2.53. The lowest BCUT2D eigenvalue weighted by molar-refractivity contribution is -0.120. The van der Waals surface area contributed by atoms with Gasteiger partial charge < -0.3 is 24.3 Å². The average Bonchev–Trinajstić information content (AvgIpc) is 3.13. The van der Waals surface area contributed by atoms with Gasteiger partial charge in [0.1, 0.15) is 23.4 Å². The topological polar surface area (TPSA) is 109 Å². The smallest absolute Gasteiger partial charge is 0.351 e. The monoisotopic (exact) mass is 550 g/mol. The fourth-order valence-corrected chi connectivity index (χ4v) is 5.90. The Balaban J connectivity index is 1.85. The summed E-state index contributed by atoms with van der Waals surface area (Å²) in [6, 6.07) is 20.8. The summed E-state index contributed by atoms with van der Waals surface area (Å²) in [5.74, 6) is 0.224. The molecule has 1 aromatic heterocycles. The van der Waals surface area contributed by atoms with Gasteiger partial charge in [-0.2, -0.15) is 4.98 Å². The van der Waals surface area contributed by atoms with Crippen molar-refractivity contribution in [3.8, 4) is 0 Å². The molecule has 0 radical (unpaired) electrons. The molecule has 1 fully saturated rings. The number of aromatic nitrogens is 2. The van der Waals surface area contributed by atoms with Crippen molar-refractivity contribution in [3.63, 3.8) is 0 Å². The highest BCUT2D eigenvalue weighted by Gasteiger charge is 2.61. The Kier molecular flexibility index (Phi) is 8.24. The van der Waals surface area contributed by atoms with Crippen LogP contribution in [0, 0.1) is 0 Å². The third-order valence-electron chi connectivity index (χ3n) is 6.69. The zero-order chi connectivity index (χ0) is 28.4. The van der Waals surface area contributed by atoms with Gasteiger partial charge in [-0.15, -0.1) is 0 Å². The van der Waals surface area contributed by atoms with Crippen LogP contribution < -0.4 is 5.69 Å². The van der Waals surface area contributed by atoms with Crippen LogP contribution in [0.25, 0.3) is 0 Å². The minimum absolute atomic E-state index is 0.0793. The lowest BCUT2D eigenvalue weighted by atomic mass is 9.77. The van der Waals surface area contributed by atoms with Crippen molar-refractivity contribution in [2.24, 2.45) is 4.99 Å². The van der Waals surface area contributed by atoms with Gasteiger partial charge in [0.15, 0.2) is 21.8 Å². The first-order chi connectivity index (χ1) is 18.4. The second-order valence-corrected chi connectivity index (χ2v) is 14.3. The van der Waals surface area contributed by atoms with Crippen LogP contribution in [0.1, 0.15) is 45.0 Å². The molecule has 39 heavy (non-hydrogen) atoms.